The van der Waals surface area contributed by atoms with Crippen LogP contribution in [-0.2, 0) is 16.0 Å². The molecule has 4 rings (SSSR count). The molecule has 1 amide bonds. The lowest BCUT2D eigenvalue weighted by atomic mass is 9.90. The Kier molecular flexibility index (Phi) is 6.72. The van der Waals surface area contributed by atoms with Gasteiger partial charge in [-0.1, -0.05) is 6.07 Å². The lowest BCUT2D eigenvalue weighted by molar-refractivity contribution is -0.140. The molecule has 4 heterocycles. The Morgan fingerprint density at radius 1 is 1.10 bits per heavy atom. The number of carbonyl (C=O) groups is 1. The first-order valence-corrected chi connectivity index (χ1v) is 10.8. The van der Waals surface area contributed by atoms with E-state index in [0.717, 1.165) is 70.0 Å². The summed E-state index contributed by atoms with van der Waals surface area (Å²) >= 11 is 0. The molecule has 29 heavy (non-hydrogen) atoms. The molecule has 154 valence electrons. The van der Waals surface area contributed by atoms with Gasteiger partial charge < -0.3 is 15.0 Å². The number of anilines is 2. The van der Waals surface area contributed by atoms with Gasteiger partial charge in [-0.15, -0.1) is 0 Å². The number of likely N-dealkylation sites (tertiary alicyclic amines) is 1. The zero-order valence-electron chi connectivity index (χ0n) is 16.9. The van der Waals surface area contributed by atoms with Crippen LogP contribution in [0.3, 0.4) is 0 Å². The molecule has 2 fully saturated rings. The average Bonchev–Trinajstić information content (AvgIpc) is 2.79. The van der Waals surface area contributed by atoms with E-state index in [9.17, 15) is 4.79 Å². The Labute approximate surface area is 172 Å². The van der Waals surface area contributed by atoms with E-state index in [2.05, 4.69) is 32.3 Å². The average molecular weight is 395 g/mol. The van der Waals surface area contributed by atoms with Crippen LogP contribution in [0, 0.1) is 11.8 Å². The number of hydrogen-bond donors (Lipinski definition) is 1. The molecule has 0 unspecified atom stereocenters. The van der Waals surface area contributed by atoms with Gasteiger partial charge in [-0.25, -0.2) is 9.97 Å². The van der Waals surface area contributed by atoms with Crippen LogP contribution in [0.25, 0.3) is 0 Å². The predicted octanol–water partition coefficient (Wildman–Crippen LogP) is 3.82. The summed E-state index contributed by atoms with van der Waals surface area (Å²) in [5.74, 6) is 2.72. The molecule has 0 spiro atoms. The molecule has 2 aromatic heterocycles. The van der Waals surface area contributed by atoms with Crippen molar-refractivity contribution in [3.63, 3.8) is 0 Å². The number of aromatic nitrogens is 2. The van der Waals surface area contributed by atoms with E-state index in [1.165, 1.54) is 12.0 Å². The number of piperidine rings is 1. The highest BCUT2D eigenvalue weighted by atomic mass is 16.5. The Morgan fingerprint density at radius 2 is 1.97 bits per heavy atom. The van der Waals surface area contributed by atoms with E-state index < -0.39 is 0 Å². The second-order valence-corrected chi connectivity index (χ2v) is 8.11. The Balaban J connectivity index is 1.29. The summed E-state index contributed by atoms with van der Waals surface area (Å²) in [5.41, 5.74) is 1.27. The number of hydrogen-bond acceptors (Lipinski definition) is 5. The van der Waals surface area contributed by atoms with Crippen LogP contribution < -0.4 is 5.32 Å². The molecule has 2 aliphatic heterocycles. The van der Waals surface area contributed by atoms with E-state index >= 15 is 0 Å². The first-order valence-electron chi connectivity index (χ1n) is 10.8. The van der Waals surface area contributed by atoms with Crippen molar-refractivity contribution < 1.29 is 9.53 Å². The molecular weight excluding hydrogens is 364 g/mol. The zero-order valence-corrected chi connectivity index (χ0v) is 16.9. The van der Waals surface area contributed by atoms with Crippen LogP contribution in [0.4, 0.5) is 11.6 Å². The maximum atomic E-state index is 12.8. The highest BCUT2D eigenvalue weighted by Gasteiger charge is 2.29. The second kappa shape index (κ2) is 9.83. The molecule has 0 aromatic carbocycles. The SMILES string of the molecule is O=C(C1CCOCC1)N1CCC[C@@H](CCc2ccnc(Nc3ccccn3)c2)C1. The van der Waals surface area contributed by atoms with Crippen LogP contribution in [0.2, 0.25) is 0 Å². The molecule has 2 saturated heterocycles. The first kappa shape index (κ1) is 19.8. The Morgan fingerprint density at radius 3 is 2.79 bits per heavy atom. The molecule has 0 aliphatic carbocycles. The van der Waals surface area contributed by atoms with E-state index in [-0.39, 0.29) is 5.92 Å². The summed E-state index contributed by atoms with van der Waals surface area (Å²) in [4.78, 5) is 23.6. The minimum Gasteiger partial charge on any atom is -0.381 e. The number of pyridine rings is 2. The number of nitrogens with zero attached hydrogens (tertiary/aromatic N) is 3. The van der Waals surface area contributed by atoms with Gasteiger partial charge in [0.15, 0.2) is 0 Å². The largest absolute Gasteiger partial charge is 0.381 e. The first-order chi connectivity index (χ1) is 14.3. The summed E-state index contributed by atoms with van der Waals surface area (Å²) < 4.78 is 5.41. The van der Waals surface area contributed by atoms with Gasteiger partial charge in [-0.05, 0) is 74.3 Å². The zero-order chi connectivity index (χ0) is 19.9. The van der Waals surface area contributed by atoms with E-state index in [0.29, 0.717) is 11.8 Å². The maximum absolute atomic E-state index is 12.8. The fourth-order valence-electron chi connectivity index (χ4n) is 4.34. The Hall–Kier alpha value is -2.47. The van der Waals surface area contributed by atoms with Gasteiger partial charge in [0.25, 0.3) is 0 Å². The maximum Gasteiger partial charge on any atom is 0.225 e. The van der Waals surface area contributed by atoms with Crippen molar-refractivity contribution in [1.29, 1.82) is 0 Å². The van der Waals surface area contributed by atoms with Gasteiger partial charge in [0.2, 0.25) is 5.91 Å². The summed E-state index contributed by atoms with van der Waals surface area (Å²) in [6.07, 6.45) is 9.80. The molecule has 6 nitrogen and oxygen atoms in total. The molecule has 1 N–H and O–H groups in total. The predicted molar refractivity (Wildman–Crippen MR) is 113 cm³/mol. The van der Waals surface area contributed by atoms with Crippen molar-refractivity contribution in [2.24, 2.45) is 11.8 Å². The normalized spacial score (nSPS) is 20.4. The molecular formula is C23H30N4O2. The van der Waals surface area contributed by atoms with Crippen molar-refractivity contribution >= 4 is 17.5 Å². The van der Waals surface area contributed by atoms with Gasteiger partial charge in [-0.2, -0.15) is 0 Å². The topological polar surface area (TPSA) is 67.3 Å². The highest BCUT2D eigenvalue weighted by molar-refractivity contribution is 5.79. The quantitative estimate of drug-likeness (QED) is 0.807. The van der Waals surface area contributed by atoms with Crippen molar-refractivity contribution in [3.8, 4) is 0 Å². The molecule has 0 radical (unpaired) electrons. The smallest absolute Gasteiger partial charge is 0.225 e. The molecule has 2 aromatic rings. The van der Waals surface area contributed by atoms with Crippen molar-refractivity contribution in [2.45, 2.75) is 38.5 Å². The van der Waals surface area contributed by atoms with E-state index in [1.54, 1.807) is 6.20 Å². The lowest BCUT2D eigenvalue weighted by Gasteiger charge is -2.36. The third kappa shape index (κ3) is 5.54. The monoisotopic (exact) mass is 394 g/mol. The minimum atomic E-state index is 0.169. The van der Waals surface area contributed by atoms with Crippen molar-refractivity contribution in [2.75, 3.05) is 31.6 Å². The van der Waals surface area contributed by atoms with Crippen LogP contribution in [0.15, 0.2) is 42.7 Å². The van der Waals surface area contributed by atoms with Crippen LogP contribution >= 0.6 is 0 Å². The molecule has 6 heteroatoms. The van der Waals surface area contributed by atoms with Crippen LogP contribution in [0.5, 0.6) is 0 Å². The molecule has 0 saturated carbocycles. The van der Waals surface area contributed by atoms with Gasteiger partial charge in [0.05, 0.1) is 0 Å². The fraction of sp³-hybridized carbons (Fsp3) is 0.522. The minimum absolute atomic E-state index is 0.169. The number of nitrogens with one attached hydrogen (secondary N) is 1. The molecule has 1 atom stereocenters. The number of ether oxygens (including phenoxy) is 1. The summed E-state index contributed by atoms with van der Waals surface area (Å²) in [6, 6.07) is 9.96. The highest BCUT2D eigenvalue weighted by Crippen LogP contribution is 2.26. The van der Waals surface area contributed by atoms with Gasteiger partial charge >= 0.3 is 0 Å². The lowest BCUT2D eigenvalue weighted by Crippen LogP contribution is -2.44. The van der Waals surface area contributed by atoms with Crippen LogP contribution in [0.1, 0.15) is 37.7 Å². The number of aryl methyl sites for hydroxylation is 1. The standard InChI is InChI=1S/C23H30N4O2/c28-23(20-9-14-29-15-10-20)27-13-3-4-19(17-27)7-6-18-8-12-25-22(16-18)26-21-5-1-2-11-24-21/h1-2,5,8,11-12,16,19-20H,3-4,6-7,9-10,13-15,17H2,(H,24,25,26)/t19-/m0/s1. The summed E-state index contributed by atoms with van der Waals surface area (Å²) in [5, 5.41) is 3.26. The number of carbonyl (C=O) groups excluding carboxylic acids is 1. The number of rotatable bonds is 6. The van der Waals surface area contributed by atoms with Gasteiger partial charge in [0.1, 0.15) is 11.6 Å². The Bertz CT molecular complexity index is 792. The third-order valence-corrected chi connectivity index (χ3v) is 5.99. The molecule has 0 bridgehead atoms. The van der Waals surface area contributed by atoms with Crippen LogP contribution in [-0.4, -0.2) is 47.1 Å². The second-order valence-electron chi connectivity index (χ2n) is 8.11. The summed E-state index contributed by atoms with van der Waals surface area (Å²) in [7, 11) is 0. The van der Waals surface area contributed by atoms with Gasteiger partial charge in [-0.3, -0.25) is 4.79 Å². The fourth-order valence-corrected chi connectivity index (χ4v) is 4.34. The third-order valence-electron chi connectivity index (χ3n) is 5.99. The molecule has 2 aliphatic rings. The van der Waals surface area contributed by atoms with E-state index in [1.807, 2.05) is 24.4 Å². The van der Waals surface area contributed by atoms with Gasteiger partial charge in [0, 0.05) is 44.6 Å². The van der Waals surface area contributed by atoms with E-state index in [4.69, 9.17) is 4.74 Å². The number of amides is 1. The summed E-state index contributed by atoms with van der Waals surface area (Å²) in [6.45, 7) is 3.27. The van der Waals surface area contributed by atoms with Crippen molar-refractivity contribution in [1.82, 2.24) is 14.9 Å². The van der Waals surface area contributed by atoms with Crippen molar-refractivity contribution in [3.05, 3.63) is 48.3 Å².